The van der Waals surface area contributed by atoms with Crippen LogP contribution in [0.3, 0.4) is 0 Å². The lowest BCUT2D eigenvalue weighted by Crippen LogP contribution is -2.20. The highest BCUT2D eigenvalue weighted by molar-refractivity contribution is 7.07. The van der Waals surface area contributed by atoms with Crippen LogP contribution >= 0.6 is 11.3 Å². The van der Waals surface area contributed by atoms with Crippen LogP contribution < -0.4 is 5.32 Å². The van der Waals surface area contributed by atoms with Crippen LogP contribution in [0.2, 0.25) is 0 Å². The first kappa shape index (κ1) is 10.4. The molecule has 0 bridgehead atoms. The molecule has 2 N–H and O–H groups in total. The molecule has 0 aliphatic carbocycles. The van der Waals surface area contributed by atoms with Crippen LogP contribution in [0.15, 0.2) is 39.6 Å². The van der Waals surface area contributed by atoms with Gasteiger partial charge in [0, 0.05) is 6.54 Å². The normalized spacial score (nSPS) is 12.9. The lowest BCUT2D eigenvalue weighted by atomic mass is 10.2. The monoisotopic (exact) mass is 223 g/mol. The second-order valence-corrected chi connectivity index (χ2v) is 4.06. The smallest absolute Gasteiger partial charge is 0.117 e. The molecule has 1 unspecified atom stereocenters. The minimum Gasteiger partial charge on any atom is -0.468 e. The summed E-state index contributed by atoms with van der Waals surface area (Å²) in [5.41, 5.74) is 0.965. The summed E-state index contributed by atoms with van der Waals surface area (Å²) in [4.78, 5) is 0. The van der Waals surface area contributed by atoms with Gasteiger partial charge in [-0.15, -0.1) is 0 Å². The molecule has 1 atom stereocenters. The Bertz CT molecular complexity index is 369. The van der Waals surface area contributed by atoms with E-state index in [0.29, 0.717) is 13.1 Å². The second-order valence-electron chi connectivity index (χ2n) is 3.28. The number of furan rings is 1. The van der Waals surface area contributed by atoms with Gasteiger partial charge in [0.15, 0.2) is 0 Å². The number of rotatable bonds is 5. The van der Waals surface area contributed by atoms with Gasteiger partial charge in [0.1, 0.15) is 5.76 Å². The van der Waals surface area contributed by atoms with E-state index in [0.717, 1.165) is 11.3 Å². The molecule has 3 nitrogen and oxygen atoms in total. The summed E-state index contributed by atoms with van der Waals surface area (Å²) in [6, 6.07) is 5.69. The first-order chi connectivity index (χ1) is 7.36. The topological polar surface area (TPSA) is 45.4 Å². The molecule has 0 aliphatic heterocycles. The molecule has 0 aliphatic rings. The number of aliphatic hydroxyl groups is 1. The molecule has 4 heteroatoms. The fourth-order valence-electron chi connectivity index (χ4n) is 1.33. The van der Waals surface area contributed by atoms with Gasteiger partial charge in [-0.05, 0) is 34.5 Å². The number of nitrogens with one attached hydrogen (secondary N) is 1. The van der Waals surface area contributed by atoms with E-state index in [2.05, 4.69) is 5.32 Å². The van der Waals surface area contributed by atoms with Crippen molar-refractivity contribution in [1.82, 2.24) is 5.32 Å². The van der Waals surface area contributed by atoms with Gasteiger partial charge in [0.2, 0.25) is 0 Å². The zero-order valence-corrected chi connectivity index (χ0v) is 9.04. The second kappa shape index (κ2) is 5.11. The van der Waals surface area contributed by atoms with Crippen molar-refractivity contribution in [3.63, 3.8) is 0 Å². The van der Waals surface area contributed by atoms with Gasteiger partial charge < -0.3 is 14.8 Å². The van der Waals surface area contributed by atoms with Crippen LogP contribution in [0.5, 0.6) is 0 Å². The fourth-order valence-corrected chi connectivity index (χ4v) is 2.03. The van der Waals surface area contributed by atoms with E-state index in [-0.39, 0.29) is 0 Å². The fraction of sp³-hybridized carbons (Fsp3) is 0.273. The lowest BCUT2D eigenvalue weighted by Gasteiger charge is -2.09. The molecule has 0 saturated carbocycles. The van der Waals surface area contributed by atoms with Crippen molar-refractivity contribution in [3.8, 4) is 0 Å². The van der Waals surface area contributed by atoms with E-state index >= 15 is 0 Å². The standard InChI is InChI=1S/C11H13NO2S/c13-11(9-3-5-15-8-9)7-12-6-10-2-1-4-14-10/h1-5,8,11-13H,6-7H2. The molecule has 0 fully saturated rings. The zero-order valence-electron chi connectivity index (χ0n) is 8.22. The number of thiophene rings is 1. The van der Waals surface area contributed by atoms with Crippen LogP contribution in [-0.2, 0) is 6.54 Å². The van der Waals surface area contributed by atoms with E-state index in [1.54, 1.807) is 17.6 Å². The third kappa shape index (κ3) is 2.92. The number of aliphatic hydroxyl groups excluding tert-OH is 1. The van der Waals surface area contributed by atoms with Crippen molar-refractivity contribution < 1.29 is 9.52 Å². The summed E-state index contributed by atoms with van der Waals surface area (Å²) >= 11 is 1.59. The Morgan fingerprint density at radius 1 is 1.47 bits per heavy atom. The maximum absolute atomic E-state index is 9.75. The van der Waals surface area contributed by atoms with Crippen LogP contribution in [0.1, 0.15) is 17.4 Å². The number of hydrogen-bond donors (Lipinski definition) is 2. The van der Waals surface area contributed by atoms with Gasteiger partial charge in [-0.25, -0.2) is 0 Å². The Kier molecular flexibility index (Phi) is 3.55. The van der Waals surface area contributed by atoms with Crippen molar-refractivity contribution in [2.75, 3.05) is 6.54 Å². The Hall–Kier alpha value is -1.10. The van der Waals surface area contributed by atoms with Gasteiger partial charge in [-0.1, -0.05) is 0 Å². The molecule has 2 heterocycles. The molecule has 0 radical (unpaired) electrons. The van der Waals surface area contributed by atoms with Crippen LogP contribution in [0.4, 0.5) is 0 Å². The highest BCUT2D eigenvalue weighted by Crippen LogP contribution is 2.15. The molecule has 80 valence electrons. The molecule has 0 spiro atoms. The highest BCUT2D eigenvalue weighted by atomic mass is 32.1. The Morgan fingerprint density at radius 2 is 2.40 bits per heavy atom. The quantitative estimate of drug-likeness (QED) is 0.816. The SMILES string of the molecule is OC(CNCc1ccco1)c1ccsc1. The molecular weight excluding hydrogens is 210 g/mol. The van der Waals surface area contributed by atoms with E-state index in [1.807, 2.05) is 29.0 Å². The molecule has 2 aromatic heterocycles. The third-order valence-corrected chi connectivity index (χ3v) is 2.85. The summed E-state index contributed by atoms with van der Waals surface area (Å²) in [7, 11) is 0. The van der Waals surface area contributed by atoms with Gasteiger partial charge >= 0.3 is 0 Å². The predicted octanol–water partition coefficient (Wildman–Crippen LogP) is 2.16. The summed E-state index contributed by atoms with van der Waals surface area (Å²) < 4.78 is 5.16. The minimum atomic E-state index is -0.439. The van der Waals surface area contributed by atoms with Crippen molar-refractivity contribution in [3.05, 3.63) is 46.5 Å². The average molecular weight is 223 g/mol. The maximum Gasteiger partial charge on any atom is 0.117 e. The number of hydrogen-bond acceptors (Lipinski definition) is 4. The lowest BCUT2D eigenvalue weighted by molar-refractivity contribution is 0.174. The summed E-state index contributed by atoms with van der Waals surface area (Å²) in [5.74, 6) is 0.882. The summed E-state index contributed by atoms with van der Waals surface area (Å²) in [6.07, 6.45) is 1.21. The minimum absolute atomic E-state index is 0.439. The van der Waals surface area contributed by atoms with Gasteiger partial charge in [0.25, 0.3) is 0 Å². The Labute approximate surface area is 92.4 Å². The summed E-state index contributed by atoms with van der Waals surface area (Å²) in [6.45, 7) is 1.19. The molecular formula is C11H13NO2S. The van der Waals surface area contributed by atoms with Gasteiger partial charge in [-0.3, -0.25) is 0 Å². The van der Waals surface area contributed by atoms with E-state index < -0.39 is 6.10 Å². The van der Waals surface area contributed by atoms with Gasteiger partial charge in [0.05, 0.1) is 18.9 Å². The highest BCUT2D eigenvalue weighted by Gasteiger charge is 2.06. The van der Waals surface area contributed by atoms with E-state index in [4.69, 9.17) is 4.42 Å². The first-order valence-corrected chi connectivity index (χ1v) is 5.74. The average Bonchev–Trinajstić information content (AvgIpc) is 2.90. The van der Waals surface area contributed by atoms with Crippen LogP contribution in [-0.4, -0.2) is 11.7 Å². The van der Waals surface area contributed by atoms with Crippen molar-refractivity contribution >= 4 is 11.3 Å². The van der Waals surface area contributed by atoms with Crippen LogP contribution in [0.25, 0.3) is 0 Å². The molecule has 2 rings (SSSR count). The van der Waals surface area contributed by atoms with Crippen LogP contribution in [0, 0.1) is 0 Å². The molecule has 0 aromatic carbocycles. The van der Waals surface area contributed by atoms with E-state index in [1.165, 1.54) is 0 Å². The summed E-state index contributed by atoms with van der Waals surface area (Å²) in [5, 5.41) is 16.8. The predicted molar refractivity (Wildman–Crippen MR) is 59.7 cm³/mol. The van der Waals surface area contributed by atoms with Gasteiger partial charge in [-0.2, -0.15) is 11.3 Å². The maximum atomic E-state index is 9.75. The Balaban J connectivity index is 1.74. The molecule has 0 saturated heterocycles. The zero-order chi connectivity index (χ0) is 10.5. The van der Waals surface area contributed by atoms with E-state index in [9.17, 15) is 5.11 Å². The largest absolute Gasteiger partial charge is 0.468 e. The first-order valence-electron chi connectivity index (χ1n) is 4.79. The molecule has 2 aromatic rings. The van der Waals surface area contributed by atoms with Crippen molar-refractivity contribution in [2.45, 2.75) is 12.6 Å². The molecule has 15 heavy (non-hydrogen) atoms. The van der Waals surface area contributed by atoms with Crippen molar-refractivity contribution in [2.24, 2.45) is 0 Å². The molecule has 0 amide bonds. The Morgan fingerprint density at radius 3 is 3.07 bits per heavy atom. The van der Waals surface area contributed by atoms with Crippen molar-refractivity contribution in [1.29, 1.82) is 0 Å². The third-order valence-electron chi connectivity index (χ3n) is 2.14.